The van der Waals surface area contributed by atoms with Crippen LogP contribution in [0.2, 0.25) is 0 Å². The van der Waals surface area contributed by atoms with Crippen molar-refractivity contribution in [1.82, 2.24) is 20.9 Å². The number of sulfonamides is 1. The first-order valence-electron chi connectivity index (χ1n) is 15.1. The van der Waals surface area contributed by atoms with Gasteiger partial charge in [0.2, 0.25) is 10.0 Å². The van der Waals surface area contributed by atoms with E-state index >= 15 is 0 Å². The van der Waals surface area contributed by atoms with Crippen molar-refractivity contribution in [2.75, 3.05) is 17.0 Å². The third-order valence-corrected chi connectivity index (χ3v) is 9.93. The summed E-state index contributed by atoms with van der Waals surface area (Å²) < 4.78 is 27.3. The van der Waals surface area contributed by atoms with E-state index in [2.05, 4.69) is 25.7 Å². The number of rotatable bonds is 15. The monoisotopic (exact) mass is 663 g/mol. The molecule has 5 N–H and O–H groups in total. The Labute approximate surface area is 274 Å². The molecule has 12 heteroatoms. The van der Waals surface area contributed by atoms with Gasteiger partial charge in [0.05, 0.1) is 35.7 Å². The van der Waals surface area contributed by atoms with Crippen molar-refractivity contribution in [2.24, 2.45) is 0 Å². The third kappa shape index (κ3) is 9.95. The van der Waals surface area contributed by atoms with Crippen molar-refractivity contribution in [2.45, 2.75) is 58.3 Å². The van der Waals surface area contributed by atoms with Crippen LogP contribution >= 0.6 is 11.3 Å². The molecule has 0 aliphatic rings. The Morgan fingerprint density at radius 2 is 1.50 bits per heavy atom. The minimum Gasteiger partial charge on any atom is -0.390 e. The summed E-state index contributed by atoms with van der Waals surface area (Å²) in [5.74, 6) is -1.22. The number of anilines is 1. The van der Waals surface area contributed by atoms with Gasteiger partial charge in [0, 0.05) is 28.7 Å². The van der Waals surface area contributed by atoms with Crippen LogP contribution in [0.4, 0.5) is 5.69 Å². The summed E-state index contributed by atoms with van der Waals surface area (Å²) in [6, 6.07) is 21.9. The van der Waals surface area contributed by atoms with Crippen LogP contribution < -0.4 is 20.7 Å². The zero-order chi connectivity index (χ0) is 33.3. The van der Waals surface area contributed by atoms with Crippen LogP contribution in [-0.2, 0) is 16.4 Å². The highest BCUT2D eigenvalue weighted by Gasteiger charge is 2.25. The van der Waals surface area contributed by atoms with Gasteiger partial charge in [0.1, 0.15) is 5.01 Å². The van der Waals surface area contributed by atoms with Crippen LogP contribution in [0.15, 0.2) is 84.2 Å². The Morgan fingerprint density at radius 3 is 2.09 bits per heavy atom. The molecule has 10 nitrogen and oxygen atoms in total. The summed E-state index contributed by atoms with van der Waals surface area (Å²) in [5.41, 5.74) is 2.99. The molecule has 4 atom stereocenters. The summed E-state index contributed by atoms with van der Waals surface area (Å²) in [6.45, 7) is 7.40. The van der Waals surface area contributed by atoms with Gasteiger partial charge in [0.25, 0.3) is 11.8 Å². The summed E-state index contributed by atoms with van der Waals surface area (Å²) >= 11 is 1.53. The van der Waals surface area contributed by atoms with Gasteiger partial charge < -0.3 is 21.1 Å². The molecule has 0 saturated heterocycles. The molecule has 2 amide bonds. The van der Waals surface area contributed by atoms with E-state index in [1.807, 2.05) is 86.8 Å². The molecule has 0 aliphatic heterocycles. The van der Waals surface area contributed by atoms with Crippen molar-refractivity contribution in [3.63, 3.8) is 0 Å². The van der Waals surface area contributed by atoms with Gasteiger partial charge in [-0.05, 0) is 63.4 Å². The van der Waals surface area contributed by atoms with E-state index in [9.17, 15) is 23.1 Å². The number of carbonyl (C=O) groups is 2. The number of hydrogen-bond acceptors (Lipinski definition) is 8. The Hall–Kier alpha value is -4.10. The van der Waals surface area contributed by atoms with Crippen molar-refractivity contribution in [3.8, 4) is 0 Å². The fourth-order valence-electron chi connectivity index (χ4n) is 4.81. The standard InChI is InChI=1S/C34H41N5O5S2/c1-5-46(43,44)39-29-18-27(32(41)37-23(3)26-14-10-7-11-15-26)17-28(19-29)33(42)38-30(16-25-12-8-6-9-13-25)31(40)20-35-24(4)34-36-22(2)21-45-34/h6-15,17-19,21,23-24,30-31,35,39-40H,5,16,20H2,1-4H3,(H,37,41)(H,38,42)/t23-,24-,30+,31-/m1/s1. The lowest BCUT2D eigenvalue weighted by Gasteiger charge is -2.26. The quantitative estimate of drug-likeness (QED) is 0.123. The number of thiazole rings is 1. The van der Waals surface area contributed by atoms with Crippen LogP contribution in [0.5, 0.6) is 0 Å². The summed E-state index contributed by atoms with van der Waals surface area (Å²) in [6.07, 6.45) is -0.645. The molecule has 0 aliphatic carbocycles. The Bertz CT molecular complexity index is 1710. The molecule has 0 spiro atoms. The average Bonchev–Trinajstić information content (AvgIpc) is 3.49. The van der Waals surface area contributed by atoms with Gasteiger partial charge in [0.15, 0.2) is 0 Å². The van der Waals surface area contributed by atoms with Crippen molar-refractivity contribution in [1.29, 1.82) is 0 Å². The van der Waals surface area contributed by atoms with E-state index in [0.717, 1.165) is 21.8 Å². The topological polar surface area (TPSA) is 150 Å². The molecule has 0 bridgehead atoms. The van der Waals surface area contributed by atoms with Crippen molar-refractivity contribution < 1.29 is 23.1 Å². The highest BCUT2D eigenvalue weighted by molar-refractivity contribution is 7.92. The minimum absolute atomic E-state index is 0.0682. The largest absolute Gasteiger partial charge is 0.390 e. The normalized spacial score (nSPS) is 14.1. The minimum atomic E-state index is -3.70. The second kappa shape index (κ2) is 15.9. The smallest absolute Gasteiger partial charge is 0.251 e. The molecular weight excluding hydrogens is 623 g/mol. The number of benzene rings is 3. The number of aliphatic hydroxyl groups is 1. The van der Waals surface area contributed by atoms with Gasteiger partial charge in [-0.1, -0.05) is 60.7 Å². The van der Waals surface area contributed by atoms with Gasteiger partial charge in [-0.25, -0.2) is 13.4 Å². The molecule has 46 heavy (non-hydrogen) atoms. The molecule has 4 rings (SSSR count). The Balaban J connectivity index is 1.58. The highest BCUT2D eigenvalue weighted by atomic mass is 32.2. The van der Waals surface area contributed by atoms with Gasteiger partial charge in [-0.15, -0.1) is 11.3 Å². The second-order valence-corrected chi connectivity index (χ2v) is 14.1. The van der Waals surface area contributed by atoms with Crippen molar-refractivity contribution >= 4 is 38.9 Å². The van der Waals surface area contributed by atoms with Gasteiger partial charge >= 0.3 is 0 Å². The molecule has 244 valence electrons. The number of amides is 2. The van der Waals surface area contributed by atoms with Gasteiger partial charge in [-0.2, -0.15) is 0 Å². The first-order chi connectivity index (χ1) is 21.9. The van der Waals surface area contributed by atoms with Gasteiger partial charge in [-0.3, -0.25) is 14.3 Å². The molecule has 3 aromatic carbocycles. The molecule has 4 aromatic rings. The predicted molar refractivity (Wildman–Crippen MR) is 183 cm³/mol. The first kappa shape index (κ1) is 34.8. The number of aryl methyl sites for hydroxylation is 1. The average molecular weight is 664 g/mol. The first-order valence-corrected chi connectivity index (χ1v) is 17.7. The molecule has 1 aromatic heterocycles. The maximum Gasteiger partial charge on any atom is 0.251 e. The maximum absolute atomic E-state index is 13.8. The Morgan fingerprint density at radius 1 is 0.891 bits per heavy atom. The molecule has 0 saturated carbocycles. The summed E-state index contributed by atoms with van der Waals surface area (Å²) in [4.78, 5) is 31.6. The SMILES string of the molecule is CCS(=O)(=O)Nc1cc(C(=O)N[C@@H](Cc2ccccc2)[C@H](O)CN[C@H](C)c2nc(C)cs2)cc(C(=O)N[C@H](C)c2ccccc2)c1. The maximum atomic E-state index is 13.8. The molecule has 0 radical (unpaired) electrons. The van der Waals surface area contributed by atoms with Crippen LogP contribution in [0.3, 0.4) is 0 Å². The van der Waals surface area contributed by atoms with E-state index in [4.69, 9.17) is 0 Å². The van der Waals surface area contributed by atoms with Crippen LogP contribution in [-0.4, -0.2) is 54.8 Å². The number of hydrogen-bond donors (Lipinski definition) is 5. The third-order valence-electron chi connectivity index (χ3n) is 7.48. The Kier molecular flexibility index (Phi) is 12.1. The molecule has 0 unspecified atom stereocenters. The summed E-state index contributed by atoms with van der Waals surface area (Å²) in [5, 5.41) is 23.3. The van der Waals surface area contributed by atoms with Crippen molar-refractivity contribution in [3.05, 3.63) is 117 Å². The lowest BCUT2D eigenvalue weighted by Crippen LogP contribution is -2.49. The van der Waals surface area contributed by atoms with Crippen LogP contribution in [0, 0.1) is 6.92 Å². The van der Waals surface area contributed by atoms with E-state index in [-0.39, 0.29) is 41.2 Å². The molecule has 0 fully saturated rings. The number of nitrogens with zero attached hydrogens (tertiary/aromatic N) is 1. The fraction of sp³-hybridized carbons (Fsp3) is 0.324. The molecule has 1 heterocycles. The summed E-state index contributed by atoms with van der Waals surface area (Å²) in [7, 11) is -3.70. The zero-order valence-corrected chi connectivity index (χ0v) is 28.0. The lowest BCUT2D eigenvalue weighted by molar-refractivity contribution is 0.0825. The number of nitrogens with one attached hydrogen (secondary N) is 4. The fourth-order valence-corrected chi connectivity index (χ4v) is 6.26. The molecular formula is C34H41N5O5S2. The number of aromatic nitrogens is 1. The predicted octanol–water partition coefficient (Wildman–Crippen LogP) is 4.76. The van der Waals surface area contributed by atoms with Crippen LogP contribution in [0.1, 0.15) is 75.4 Å². The number of carbonyl (C=O) groups excluding carboxylic acids is 2. The zero-order valence-electron chi connectivity index (χ0n) is 26.4. The number of aliphatic hydroxyl groups excluding tert-OH is 1. The van der Waals surface area contributed by atoms with E-state index in [0.29, 0.717) is 6.42 Å². The van der Waals surface area contributed by atoms with E-state index in [1.165, 1.54) is 36.5 Å². The van der Waals surface area contributed by atoms with Crippen LogP contribution in [0.25, 0.3) is 0 Å². The second-order valence-electron chi connectivity index (χ2n) is 11.2. The van der Waals surface area contributed by atoms with E-state index < -0.39 is 34.0 Å². The highest BCUT2D eigenvalue weighted by Crippen LogP contribution is 2.21. The van der Waals surface area contributed by atoms with E-state index in [1.54, 1.807) is 0 Å². The lowest BCUT2D eigenvalue weighted by atomic mass is 9.99.